The fourth-order valence-corrected chi connectivity index (χ4v) is 2.97. The maximum atomic E-state index is 12.5. The number of nitrogens with zero attached hydrogens (tertiary/aromatic N) is 3. The van der Waals surface area contributed by atoms with Crippen molar-refractivity contribution < 1.29 is 18.0 Å². The van der Waals surface area contributed by atoms with Gasteiger partial charge in [0.05, 0.1) is 5.02 Å². The van der Waals surface area contributed by atoms with E-state index in [1.807, 2.05) is 5.32 Å². The Balaban J connectivity index is 1.90. The summed E-state index contributed by atoms with van der Waals surface area (Å²) in [6, 6.07) is 3.27. The van der Waals surface area contributed by atoms with E-state index < -0.39 is 24.2 Å². The molecule has 0 spiro atoms. The first-order valence-corrected chi connectivity index (χ1v) is 9.46. The van der Waals surface area contributed by atoms with Crippen LogP contribution < -0.4 is 10.6 Å². The number of hydrogen-bond donors (Lipinski definition) is 3. The highest BCUT2D eigenvalue weighted by molar-refractivity contribution is 6.31. The summed E-state index contributed by atoms with van der Waals surface area (Å²) in [6.07, 6.45) is 0.192. The number of H-pyrrole nitrogens is 1. The Morgan fingerprint density at radius 2 is 2.03 bits per heavy atom. The molecule has 7 nitrogen and oxygen atoms in total. The molecule has 0 aliphatic carbocycles. The second kappa shape index (κ2) is 8.10. The number of aromatic nitrogens is 4. The van der Waals surface area contributed by atoms with Crippen LogP contribution in [0.3, 0.4) is 0 Å². The fraction of sp³-hybridized carbons (Fsp3) is 0.368. The molecule has 0 bridgehead atoms. The molecule has 0 fully saturated rings. The van der Waals surface area contributed by atoms with Crippen molar-refractivity contribution in [1.82, 2.24) is 25.3 Å². The van der Waals surface area contributed by atoms with Crippen molar-refractivity contribution in [3.05, 3.63) is 35.7 Å². The molecular weight excluding hydrogens is 421 g/mol. The van der Waals surface area contributed by atoms with Crippen molar-refractivity contribution in [2.45, 2.75) is 32.5 Å². The predicted molar refractivity (Wildman–Crippen MR) is 108 cm³/mol. The number of aromatic amines is 1. The Morgan fingerprint density at radius 1 is 1.30 bits per heavy atom. The number of nitrogens with one attached hydrogen (secondary N) is 3. The Labute approximate surface area is 175 Å². The van der Waals surface area contributed by atoms with Crippen molar-refractivity contribution in [2.75, 3.05) is 11.9 Å². The summed E-state index contributed by atoms with van der Waals surface area (Å²) in [5, 5.41) is 6.08. The van der Waals surface area contributed by atoms with Crippen molar-refractivity contribution in [3.8, 4) is 11.4 Å². The smallest absolute Gasteiger partial charge is 0.356 e. The van der Waals surface area contributed by atoms with Gasteiger partial charge in [0.1, 0.15) is 23.5 Å². The maximum Gasteiger partial charge on any atom is 0.405 e. The van der Waals surface area contributed by atoms with Crippen LogP contribution in [0.25, 0.3) is 22.4 Å². The van der Waals surface area contributed by atoms with Crippen LogP contribution in [0.5, 0.6) is 0 Å². The average Bonchev–Trinajstić information content (AvgIpc) is 3.08. The van der Waals surface area contributed by atoms with Gasteiger partial charge in [0.25, 0.3) is 0 Å². The molecule has 0 aliphatic rings. The average molecular weight is 441 g/mol. The number of halogens is 4. The number of fused-ring (bicyclic) bond motifs is 1. The van der Waals surface area contributed by atoms with Crippen LogP contribution in [0.2, 0.25) is 5.02 Å². The Kier molecular flexibility index (Phi) is 5.89. The van der Waals surface area contributed by atoms with Gasteiger partial charge >= 0.3 is 6.18 Å². The molecular formula is C19H20ClF3N6O. The van der Waals surface area contributed by atoms with Crippen LogP contribution >= 0.6 is 11.6 Å². The zero-order valence-corrected chi connectivity index (χ0v) is 17.2. The molecule has 0 aromatic carbocycles. The van der Waals surface area contributed by atoms with E-state index in [0.717, 1.165) is 0 Å². The van der Waals surface area contributed by atoms with Gasteiger partial charge in [-0.3, -0.25) is 4.79 Å². The molecule has 3 aromatic heterocycles. The largest absolute Gasteiger partial charge is 0.405 e. The molecule has 0 radical (unpaired) electrons. The lowest BCUT2D eigenvalue weighted by molar-refractivity contribution is -0.141. The molecule has 1 amide bonds. The van der Waals surface area contributed by atoms with Crippen LogP contribution in [-0.4, -0.2) is 44.1 Å². The monoisotopic (exact) mass is 440 g/mol. The Morgan fingerprint density at radius 3 is 2.70 bits per heavy atom. The van der Waals surface area contributed by atoms with E-state index >= 15 is 0 Å². The van der Waals surface area contributed by atoms with Crippen LogP contribution in [0.1, 0.15) is 20.8 Å². The molecule has 0 unspecified atom stereocenters. The standard InChI is InChI=1S/C19H20ClF3N6O/c1-10(2)18(3,17(30)27-9-19(21,22)23)29-14-4-5-24-16(28-14)13-8-26-15-12(13)6-11(20)7-25-15/h4-8,10H,9H2,1-3H3,(H,25,26)(H,27,30)(H,24,28,29)/t18-/m0/s1. The number of anilines is 1. The molecule has 3 aromatic rings. The zero-order valence-electron chi connectivity index (χ0n) is 16.4. The Hall–Kier alpha value is -2.88. The van der Waals surface area contributed by atoms with E-state index in [4.69, 9.17) is 11.6 Å². The highest BCUT2D eigenvalue weighted by atomic mass is 35.5. The van der Waals surface area contributed by atoms with Crippen molar-refractivity contribution in [2.24, 2.45) is 5.92 Å². The summed E-state index contributed by atoms with van der Waals surface area (Å²) < 4.78 is 37.6. The lowest BCUT2D eigenvalue weighted by Gasteiger charge is -2.34. The number of rotatable bonds is 6. The normalized spacial score (nSPS) is 14.0. The first kappa shape index (κ1) is 21.8. The van der Waals surface area contributed by atoms with Gasteiger partial charge in [-0.25, -0.2) is 15.0 Å². The zero-order chi connectivity index (χ0) is 22.1. The summed E-state index contributed by atoms with van der Waals surface area (Å²) >= 11 is 6.03. The molecule has 30 heavy (non-hydrogen) atoms. The summed E-state index contributed by atoms with van der Waals surface area (Å²) in [6.45, 7) is 3.58. The number of amides is 1. The number of carbonyl (C=O) groups excluding carboxylic acids is 1. The predicted octanol–water partition coefficient (Wildman–Crippen LogP) is 4.18. The Bertz CT molecular complexity index is 1070. The number of hydrogen-bond acceptors (Lipinski definition) is 5. The van der Waals surface area contributed by atoms with E-state index in [1.54, 1.807) is 32.2 Å². The van der Waals surface area contributed by atoms with Crippen molar-refractivity contribution in [1.29, 1.82) is 0 Å². The molecule has 11 heteroatoms. The lowest BCUT2D eigenvalue weighted by atomic mass is 9.87. The molecule has 3 heterocycles. The summed E-state index contributed by atoms with van der Waals surface area (Å²) in [4.78, 5) is 28.4. The van der Waals surface area contributed by atoms with Gasteiger partial charge in [-0.2, -0.15) is 13.2 Å². The van der Waals surface area contributed by atoms with Crippen LogP contribution in [0.15, 0.2) is 30.7 Å². The van der Waals surface area contributed by atoms with Crippen LogP contribution in [0.4, 0.5) is 19.0 Å². The SMILES string of the molecule is CC(C)[C@](C)(Nc1ccnc(-c2c[nH]c3ncc(Cl)cc23)n1)C(=O)NCC(F)(F)F. The summed E-state index contributed by atoms with van der Waals surface area (Å²) in [5.74, 6) is -0.474. The molecule has 3 rings (SSSR count). The lowest BCUT2D eigenvalue weighted by Crippen LogP contribution is -2.55. The summed E-state index contributed by atoms with van der Waals surface area (Å²) in [5.41, 5.74) is -0.0755. The third kappa shape index (κ3) is 4.64. The molecule has 0 saturated carbocycles. The minimum Gasteiger partial charge on any atom is -0.356 e. The molecule has 0 saturated heterocycles. The first-order valence-electron chi connectivity index (χ1n) is 9.09. The fourth-order valence-electron chi connectivity index (χ4n) is 2.81. The van der Waals surface area contributed by atoms with Gasteiger partial charge in [0.2, 0.25) is 5.91 Å². The van der Waals surface area contributed by atoms with Gasteiger partial charge in [0.15, 0.2) is 5.82 Å². The van der Waals surface area contributed by atoms with Crippen molar-refractivity contribution in [3.63, 3.8) is 0 Å². The number of carbonyl (C=O) groups is 1. The molecule has 1 atom stereocenters. The van der Waals surface area contributed by atoms with E-state index in [9.17, 15) is 18.0 Å². The quantitative estimate of drug-likeness (QED) is 0.534. The highest BCUT2D eigenvalue weighted by Crippen LogP contribution is 2.29. The summed E-state index contributed by atoms with van der Waals surface area (Å²) in [7, 11) is 0. The van der Waals surface area contributed by atoms with Gasteiger partial charge in [-0.05, 0) is 25.0 Å². The van der Waals surface area contributed by atoms with E-state index in [2.05, 4.69) is 25.3 Å². The minimum atomic E-state index is -4.50. The van der Waals surface area contributed by atoms with E-state index in [1.165, 1.54) is 19.3 Å². The number of alkyl halides is 3. The maximum absolute atomic E-state index is 12.5. The first-order chi connectivity index (χ1) is 14.0. The molecule has 160 valence electrons. The van der Waals surface area contributed by atoms with E-state index in [-0.39, 0.29) is 5.92 Å². The topological polar surface area (TPSA) is 95.6 Å². The van der Waals surface area contributed by atoms with Crippen LogP contribution in [-0.2, 0) is 4.79 Å². The number of pyridine rings is 1. The highest BCUT2D eigenvalue weighted by Gasteiger charge is 2.39. The van der Waals surface area contributed by atoms with Gasteiger partial charge in [-0.15, -0.1) is 0 Å². The van der Waals surface area contributed by atoms with Gasteiger partial charge in [0, 0.05) is 29.5 Å². The van der Waals surface area contributed by atoms with E-state index in [0.29, 0.717) is 33.3 Å². The third-order valence-electron chi connectivity index (χ3n) is 4.86. The second-order valence-electron chi connectivity index (χ2n) is 7.30. The minimum absolute atomic E-state index is 0.294. The van der Waals surface area contributed by atoms with Gasteiger partial charge in [-0.1, -0.05) is 25.4 Å². The third-order valence-corrected chi connectivity index (χ3v) is 5.06. The molecule has 3 N–H and O–H groups in total. The molecule has 0 aliphatic heterocycles. The second-order valence-corrected chi connectivity index (χ2v) is 7.73. The van der Waals surface area contributed by atoms with Crippen LogP contribution in [0, 0.1) is 5.92 Å². The van der Waals surface area contributed by atoms with Crippen molar-refractivity contribution >= 4 is 34.4 Å². The van der Waals surface area contributed by atoms with Gasteiger partial charge < -0.3 is 15.6 Å².